The normalized spacial score (nSPS) is 22.0. The first kappa shape index (κ1) is 31.9. The van der Waals surface area contributed by atoms with Gasteiger partial charge in [-0.25, -0.2) is 0 Å². The molecule has 0 aliphatic carbocycles. The van der Waals surface area contributed by atoms with Gasteiger partial charge in [0, 0.05) is 84.8 Å². The number of rotatable bonds is 4. The fraction of sp³-hybridized carbons (Fsp3) is 0.371. The van der Waals surface area contributed by atoms with E-state index in [-0.39, 0.29) is 17.6 Å². The van der Waals surface area contributed by atoms with Gasteiger partial charge in [-0.3, -0.25) is 4.79 Å². The Hall–Kier alpha value is -3.52. The number of phenolic OH excluding ortho intramolecular Hbond substituents is 2. The van der Waals surface area contributed by atoms with E-state index < -0.39 is 0 Å². The maximum Gasteiger partial charge on any atom is 0.214 e. The van der Waals surface area contributed by atoms with Gasteiger partial charge in [-0.1, -0.05) is 55.5 Å². The lowest BCUT2D eigenvalue weighted by molar-refractivity contribution is -0.112. The van der Waals surface area contributed by atoms with E-state index in [4.69, 9.17) is 23.2 Å². The number of fused-ring (bicyclic) bond motifs is 6. The lowest BCUT2D eigenvalue weighted by atomic mass is 9.93. The van der Waals surface area contributed by atoms with Crippen molar-refractivity contribution in [3.05, 3.63) is 71.8 Å². The smallest absolute Gasteiger partial charge is 0.214 e. The summed E-state index contributed by atoms with van der Waals surface area (Å²) in [5.74, 6) is 3.05. The maximum atomic E-state index is 11.1. The van der Waals surface area contributed by atoms with E-state index in [2.05, 4.69) is 23.2 Å². The summed E-state index contributed by atoms with van der Waals surface area (Å²) in [6, 6.07) is 19.1. The molecule has 0 spiro atoms. The average Bonchev–Trinajstić information content (AvgIpc) is 3.58. The fourth-order valence-corrected chi connectivity index (χ4v) is 7.25. The minimum absolute atomic E-state index is 0.123. The van der Waals surface area contributed by atoms with Gasteiger partial charge < -0.3 is 30.1 Å². The molecular weight excluding hydrogens is 597 g/mol. The number of amides is 1. The topological polar surface area (TPSA) is 93.1 Å². The van der Waals surface area contributed by atoms with Gasteiger partial charge in [-0.15, -0.1) is 23.2 Å². The van der Waals surface area contributed by atoms with Crippen LogP contribution in [0.5, 0.6) is 11.5 Å². The molecule has 4 atom stereocenters. The lowest BCUT2D eigenvalue weighted by Gasteiger charge is -2.23. The highest BCUT2D eigenvalue weighted by Crippen LogP contribution is 2.45. The summed E-state index contributed by atoms with van der Waals surface area (Å²) in [6.07, 6.45) is 2.92. The molecule has 0 aromatic heterocycles. The zero-order valence-corrected chi connectivity index (χ0v) is 26.6. The van der Waals surface area contributed by atoms with E-state index in [9.17, 15) is 19.8 Å². The Bertz CT molecular complexity index is 1650. The predicted molar refractivity (Wildman–Crippen MR) is 181 cm³/mol. The number of aldehydes is 1. The largest absolute Gasteiger partial charge is 0.507 e. The summed E-state index contributed by atoms with van der Waals surface area (Å²) >= 11 is 12.0. The monoisotopic (exact) mass is 635 g/mol. The minimum Gasteiger partial charge on any atom is -0.507 e. The van der Waals surface area contributed by atoms with E-state index >= 15 is 0 Å². The van der Waals surface area contributed by atoms with Crippen LogP contribution in [0.2, 0.25) is 0 Å². The Balaban J connectivity index is 0.000000138. The van der Waals surface area contributed by atoms with Gasteiger partial charge in [0.1, 0.15) is 17.8 Å². The second-order valence-corrected chi connectivity index (χ2v) is 12.6. The van der Waals surface area contributed by atoms with Crippen LogP contribution < -0.4 is 15.1 Å². The Labute approximate surface area is 268 Å². The number of hydrogen-bond donors (Lipinski definition) is 3. The molecule has 3 aliphatic heterocycles. The second-order valence-electron chi connectivity index (χ2n) is 12.0. The summed E-state index contributed by atoms with van der Waals surface area (Å²) in [7, 11) is 2.04. The third-order valence-electron chi connectivity index (χ3n) is 8.83. The van der Waals surface area contributed by atoms with Crippen LogP contribution in [0.3, 0.4) is 0 Å². The number of hydrogen-bond acceptors (Lipinski definition) is 6. The van der Waals surface area contributed by atoms with Gasteiger partial charge in [0.25, 0.3) is 0 Å². The number of anilines is 2. The Morgan fingerprint density at radius 3 is 1.84 bits per heavy atom. The van der Waals surface area contributed by atoms with Crippen molar-refractivity contribution in [1.82, 2.24) is 5.32 Å². The van der Waals surface area contributed by atoms with Crippen LogP contribution in [-0.2, 0) is 9.59 Å². The minimum atomic E-state index is 0.123. The average molecular weight is 637 g/mol. The van der Waals surface area contributed by atoms with Gasteiger partial charge in [-0.05, 0) is 40.8 Å². The first-order chi connectivity index (χ1) is 21.3. The molecule has 7 rings (SSSR count). The van der Waals surface area contributed by atoms with Crippen LogP contribution in [-0.4, -0.2) is 67.9 Å². The predicted octanol–water partition coefficient (Wildman–Crippen LogP) is 6.59. The van der Waals surface area contributed by atoms with Crippen molar-refractivity contribution in [2.75, 3.05) is 54.8 Å². The molecule has 4 unspecified atom stereocenters. The zero-order valence-electron chi connectivity index (χ0n) is 25.0. The number of aromatic hydroxyl groups is 2. The van der Waals surface area contributed by atoms with Crippen molar-refractivity contribution in [2.24, 2.45) is 11.8 Å². The Morgan fingerprint density at radius 2 is 1.34 bits per heavy atom. The number of phenols is 2. The number of carbonyl (C=O) groups excluding carboxylic acids is 2. The van der Waals surface area contributed by atoms with Crippen molar-refractivity contribution in [2.45, 2.75) is 25.2 Å². The number of piperidine rings is 1. The number of carbonyl (C=O) groups is 2. The molecule has 0 saturated carbocycles. The molecule has 44 heavy (non-hydrogen) atoms. The SMILES string of the molecule is CC1CNCC(C=O)C1.CN1CC(CCl)c2c1cc(O)c1ccccc21.O=CN1CC(CCl)c2c1cc(O)c1ccccc21. The molecular formula is C35H39Cl2N3O4. The summed E-state index contributed by atoms with van der Waals surface area (Å²) in [5.41, 5.74) is 4.21. The van der Waals surface area contributed by atoms with Gasteiger partial charge >= 0.3 is 0 Å². The van der Waals surface area contributed by atoms with E-state index in [0.717, 1.165) is 77.2 Å². The molecule has 7 nitrogen and oxygen atoms in total. The van der Waals surface area contributed by atoms with Crippen LogP contribution in [0, 0.1) is 11.8 Å². The highest BCUT2D eigenvalue weighted by Gasteiger charge is 2.31. The molecule has 4 aromatic carbocycles. The Kier molecular flexibility index (Phi) is 10.2. The molecule has 0 radical (unpaired) electrons. The zero-order chi connectivity index (χ0) is 31.4. The fourth-order valence-electron chi connectivity index (χ4n) is 6.74. The highest BCUT2D eigenvalue weighted by atomic mass is 35.5. The molecule has 3 heterocycles. The van der Waals surface area contributed by atoms with Crippen LogP contribution in [0.15, 0.2) is 60.7 Å². The number of nitrogens with one attached hydrogen (secondary N) is 1. The molecule has 1 amide bonds. The van der Waals surface area contributed by atoms with Crippen LogP contribution in [0.4, 0.5) is 11.4 Å². The number of alkyl halides is 2. The van der Waals surface area contributed by atoms with E-state index in [0.29, 0.717) is 35.9 Å². The number of halogens is 2. The van der Waals surface area contributed by atoms with E-state index in [1.54, 1.807) is 11.0 Å². The van der Waals surface area contributed by atoms with E-state index in [1.807, 2.05) is 55.6 Å². The molecule has 3 aliphatic rings. The standard InChI is InChI=1S/C14H12ClNO2.C14H14ClNO.C7H13NO/c15-6-9-7-16(8-17)12-5-13(18)10-3-1-2-4-11(10)14(9)12;1-16-8-9(7-15)14-11-5-3-2-4-10(11)13(17)6-12(14)16;1-6-2-7(5-9)4-8-3-6/h1-5,8-9,18H,6-7H2;2-6,9,17H,7-8H2,1H3;5-8H,2-4H2,1H3. The molecule has 1 fully saturated rings. The third-order valence-corrected chi connectivity index (χ3v) is 9.58. The number of nitrogens with zero attached hydrogens (tertiary/aromatic N) is 2. The van der Waals surface area contributed by atoms with Crippen molar-refractivity contribution < 1.29 is 19.8 Å². The van der Waals surface area contributed by atoms with Gasteiger partial charge in [0.2, 0.25) is 6.41 Å². The van der Waals surface area contributed by atoms with Crippen molar-refractivity contribution in [3.63, 3.8) is 0 Å². The van der Waals surface area contributed by atoms with E-state index in [1.165, 1.54) is 5.56 Å². The first-order valence-corrected chi connectivity index (χ1v) is 16.1. The van der Waals surface area contributed by atoms with Crippen molar-refractivity contribution in [1.29, 1.82) is 0 Å². The summed E-state index contributed by atoms with van der Waals surface area (Å²) < 4.78 is 0. The molecule has 232 valence electrons. The summed E-state index contributed by atoms with van der Waals surface area (Å²) in [4.78, 5) is 25.1. The summed E-state index contributed by atoms with van der Waals surface area (Å²) in [6.45, 7) is 5.63. The second kappa shape index (κ2) is 14.1. The number of likely N-dealkylation sites (N-methyl/N-ethyl adjacent to an activating group) is 1. The van der Waals surface area contributed by atoms with Crippen molar-refractivity contribution >= 4 is 68.8 Å². The molecule has 4 aromatic rings. The molecule has 1 saturated heterocycles. The van der Waals surface area contributed by atoms with Crippen LogP contribution in [0.25, 0.3) is 21.5 Å². The third kappa shape index (κ3) is 6.32. The van der Waals surface area contributed by atoms with Crippen molar-refractivity contribution in [3.8, 4) is 11.5 Å². The highest BCUT2D eigenvalue weighted by molar-refractivity contribution is 6.19. The lowest BCUT2D eigenvalue weighted by Crippen LogP contribution is -2.35. The summed E-state index contributed by atoms with van der Waals surface area (Å²) in [5, 5.41) is 27.1. The first-order valence-electron chi connectivity index (χ1n) is 15.0. The van der Waals surface area contributed by atoms with Crippen LogP contribution >= 0.6 is 23.2 Å². The Morgan fingerprint density at radius 1 is 0.818 bits per heavy atom. The number of benzene rings is 4. The van der Waals surface area contributed by atoms with Gasteiger partial charge in [0.15, 0.2) is 0 Å². The molecule has 9 heteroatoms. The maximum absolute atomic E-state index is 11.1. The molecule has 3 N–H and O–H groups in total. The van der Waals surface area contributed by atoms with Gasteiger partial charge in [0.05, 0.1) is 5.69 Å². The van der Waals surface area contributed by atoms with Crippen LogP contribution in [0.1, 0.15) is 36.3 Å². The molecule has 0 bridgehead atoms. The van der Waals surface area contributed by atoms with Gasteiger partial charge in [-0.2, -0.15) is 0 Å². The quantitative estimate of drug-likeness (QED) is 0.173.